The zero-order valence-corrected chi connectivity index (χ0v) is 29.8. The van der Waals surface area contributed by atoms with Crippen LogP contribution in [0.2, 0.25) is 0 Å². The van der Waals surface area contributed by atoms with Gasteiger partial charge in [0.2, 0.25) is 17.7 Å². The van der Waals surface area contributed by atoms with E-state index in [1.165, 1.54) is 11.1 Å². The molecule has 0 radical (unpaired) electrons. The molecule has 48 heavy (non-hydrogen) atoms. The molecule has 9 nitrogen and oxygen atoms in total. The third kappa shape index (κ3) is 7.92. The minimum absolute atomic E-state index is 0. The van der Waals surface area contributed by atoms with Gasteiger partial charge < -0.3 is 19.1 Å². The molecule has 2 aromatic carbocycles. The van der Waals surface area contributed by atoms with Crippen LogP contribution >= 0.6 is 24.8 Å². The first kappa shape index (κ1) is 36.3. The summed E-state index contributed by atoms with van der Waals surface area (Å²) in [7, 11) is 1.70. The van der Waals surface area contributed by atoms with Crippen molar-refractivity contribution in [2.45, 2.75) is 69.7 Å². The first-order valence-corrected chi connectivity index (χ1v) is 17.0. The number of ether oxygens (including phenoxy) is 3. The lowest BCUT2D eigenvalue weighted by Gasteiger charge is -2.53. The summed E-state index contributed by atoms with van der Waals surface area (Å²) in [6.07, 6.45) is 3.01. The van der Waals surface area contributed by atoms with E-state index in [0.717, 1.165) is 56.8 Å². The van der Waals surface area contributed by atoms with Crippen LogP contribution in [0.5, 0.6) is 11.8 Å². The molecule has 0 N–H and O–H groups in total. The Morgan fingerprint density at radius 2 is 1.56 bits per heavy atom. The van der Waals surface area contributed by atoms with Gasteiger partial charge in [-0.2, -0.15) is 9.97 Å². The molecule has 11 heteroatoms. The van der Waals surface area contributed by atoms with E-state index in [9.17, 15) is 4.79 Å². The summed E-state index contributed by atoms with van der Waals surface area (Å²) in [5.74, 6) is 2.84. The van der Waals surface area contributed by atoms with Gasteiger partial charge in [0.05, 0.1) is 31.3 Å². The minimum Gasteiger partial charge on any atom is -0.481 e. The molecular weight excluding hydrogens is 649 g/mol. The van der Waals surface area contributed by atoms with Gasteiger partial charge in [-0.05, 0) is 44.2 Å². The van der Waals surface area contributed by atoms with E-state index < -0.39 is 0 Å². The number of hydrogen-bond donors (Lipinski definition) is 0. The van der Waals surface area contributed by atoms with Gasteiger partial charge in [0.1, 0.15) is 5.82 Å². The van der Waals surface area contributed by atoms with Crippen molar-refractivity contribution in [1.29, 1.82) is 0 Å². The normalized spacial score (nSPS) is 22.9. The molecule has 4 aliphatic rings. The van der Waals surface area contributed by atoms with E-state index >= 15 is 0 Å². The van der Waals surface area contributed by atoms with Gasteiger partial charge in [0.15, 0.2) is 0 Å². The number of rotatable bonds is 10. The van der Waals surface area contributed by atoms with Crippen LogP contribution in [-0.2, 0) is 16.1 Å². The van der Waals surface area contributed by atoms with Crippen LogP contribution in [0, 0.1) is 5.92 Å². The Hall–Kier alpha value is -2.95. The third-order valence-electron chi connectivity index (χ3n) is 9.97. The zero-order chi connectivity index (χ0) is 31.6. The summed E-state index contributed by atoms with van der Waals surface area (Å²) in [5.41, 5.74) is 3.51. The molecule has 4 heterocycles. The zero-order valence-electron chi connectivity index (χ0n) is 28.2. The largest absolute Gasteiger partial charge is 0.481 e. The second-order valence-electron chi connectivity index (χ2n) is 13.6. The average molecular weight is 699 g/mol. The molecule has 260 valence electrons. The van der Waals surface area contributed by atoms with E-state index in [2.05, 4.69) is 75.4 Å². The number of nitrogens with zero attached hydrogens (tertiary/aromatic N) is 5. The SMILES string of the molecule is COc1nc(C2CC2)nc(OC(C)C)c1CN1CC(C(c2ccccc2)c2ccccc2)N2CCN(C(=O)C3CCOC3)C[C@H]2C1.Cl.Cl. The molecule has 3 aliphatic heterocycles. The first-order chi connectivity index (χ1) is 22.5. The predicted octanol–water partition coefficient (Wildman–Crippen LogP) is 5.56. The molecule has 1 aromatic heterocycles. The van der Waals surface area contributed by atoms with Crippen LogP contribution in [-0.4, -0.2) is 102 Å². The lowest BCUT2D eigenvalue weighted by atomic mass is 9.81. The summed E-state index contributed by atoms with van der Waals surface area (Å²) in [4.78, 5) is 30.7. The molecule has 1 saturated carbocycles. The number of carbonyl (C=O) groups excluding carboxylic acids is 1. The molecule has 1 aliphatic carbocycles. The highest BCUT2D eigenvalue weighted by Crippen LogP contribution is 2.42. The van der Waals surface area contributed by atoms with Crippen LogP contribution in [0.25, 0.3) is 0 Å². The van der Waals surface area contributed by atoms with Crippen molar-refractivity contribution in [1.82, 2.24) is 24.7 Å². The van der Waals surface area contributed by atoms with Crippen molar-refractivity contribution in [2.24, 2.45) is 5.92 Å². The maximum absolute atomic E-state index is 13.6. The first-order valence-electron chi connectivity index (χ1n) is 17.0. The van der Waals surface area contributed by atoms with E-state index in [0.29, 0.717) is 44.0 Å². The molecule has 3 saturated heterocycles. The molecule has 3 atom stereocenters. The van der Waals surface area contributed by atoms with Crippen LogP contribution < -0.4 is 9.47 Å². The van der Waals surface area contributed by atoms with E-state index in [1.807, 2.05) is 13.8 Å². The van der Waals surface area contributed by atoms with Crippen molar-refractivity contribution in [2.75, 3.05) is 53.0 Å². The molecular formula is C37H49Cl2N5O4. The third-order valence-corrected chi connectivity index (χ3v) is 9.97. The number of amides is 1. The van der Waals surface area contributed by atoms with Crippen molar-refractivity contribution >= 4 is 30.7 Å². The number of hydrogen-bond acceptors (Lipinski definition) is 8. The standard InChI is InChI=1S/C37H47N5O4.2ClH/c1-25(2)46-36-31(35(44-3)38-34(39-36)28-14-15-28)22-40-20-30-21-41(37(43)29-16-19-45-24-29)17-18-42(30)32(23-40)33(26-10-6-4-7-11-26)27-12-8-5-9-13-27;;/h4-13,25,28-30,32-33H,14-24H2,1-3H3;2*1H/t29?,30-,32?;;/m1../s1. The molecule has 1 amide bonds. The summed E-state index contributed by atoms with van der Waals surface area (Å²) >= 11 is 0. The lowest BCUT2D eigenvalue weighted by Crippen LogP contribution is -2.67. The monoisotopic (exact) mass is 697 g/mol. The molecule has 0 bridgehead atoms. The molecule has 3 aromatic rings. The van der Waals surface area contributed by atoms with Crippen molar-refractivity contribution in [3.8, 4) is 11.8 Å². The molecule has 7 rings (SSSR count). The second-order valence-corrected chi connectivity index (χ2v) is 13.6. The highest BCUT2D eigenvalue weighted by Gasteiger charge is 2.44. The fraction of sp³-hybridized carbons (Fsp3) is 0.541. The van der Waals surface area contributed by atoms with Gasteiger partial charge in [-0.1, -0.05) is 60.7 Å². The molecule has 4 fully saturated rings. The highest BCUT2D eigenvalue weighted by molar-refractivity contribution is 5.85. The fourth-order valence-electron chi connectivity index (χ4n) is 7.61. The van der Waals surface area contributed by atoms with Gasteiger partial charge in [-0.3, -0.25) is 14.6 Å². The Morgan fingerprint density at radius 3 is 2.15 bits per heavy atom. The number of benzene rings is 2. The van der Waals surface area contributed by atoms with E-state index in [1.54, 1.807) is 7.11 Å². The summed E-state index contributed by atoms with van der Waals surface area (Å²) < 4.78 is 17.9. The van der Waals surface area contributed by atoms with Gasteiger partial charge in [0, 0.05) is 69.8 Å². The Morgan fingerprint density at radius 1 is 0.896 bits per heavy atom. The number of piperazine rings is 2. The Labute approximate surface area is 297 Å². The van der Waals surface area contributed by atoms with E-state index in [4.69, 9.17) is 24.2 Å². The Balaban J connectivity index is 0.00000225. The maximum atomic E-state index is 13.6. The molecule has 2 unspecified atom stereocenters. The van der Waals surface area contributed by atoms with Crippen molar-refractivity contribution < 1.29 is 19.0 Å². The average Bonchev–Trinajstić information content (AvgIpc) is 3.79. The minimum atomic E-state index is -0.0226. The van der Waals surface area contributed by atoms with Crippen LogP contribution in [0.3, 0.4) is 0 Å². The summed E-state index contributed by atoms with van der Waals surface area (Å²) in [6, 6.07) is 22.2. The number of fused-ring (bicyclic) bond motifs is 1. The number of carbonyl (C=O) groups is 1. The van der Waals surface area contributed by atoms with Crippen LogP contribution in [0.1, 0.15) is 67.5 Å². The lowest BCUT2D eigenvalue weighted by molar-refractivity contribution is -0.141. The van der Waals surface area contributed by atoms with Crippen molar-refractivity contribution in [3.63, 3.8) is 0 Å². The Kier molecular flexibility index (Phi) is 12.2. The summed E-state index contributed by atoms with van der Waals surface area (Å²) in [6.45, 7) is 9.89. The van der Waals surface area contributed by atoms with Gasteiger partial charge in [0.25, 0.3) is 0 Å². The Bertz CT molecular complexity index is 1450. The summed E-state index contributed by atoms with van der Waals surface area (Å²) in [5, 5.41) is 0. The van der Waals surface area contributed by atoms with Crippen LogP contribution in [0.15, 0.2) is 60.7 Å². The fourth-order valence-corrected chi connectivity index (χ4v) is 7.61. The quantitative estimate of drug-likeness (QED) is 0.273. The smallest absolute Gasteiger partial charge is 0.228 e. The number of methoxy groups -OCH3 is 1. The van der Waals surface area contributed by atoms with E-state index in [-0.39, 0.29) is 60.7 Å². The molecule has 0 spiro atoms. The number of aromatic nitrogens is 2. The van der Waals surface area contributed by atoms with Gasteiger partial charge in [-0.25, -0.2) is 0 Å². The highest BCUT2D eigenvalue weighted by atomic mass is 35.5. The van der Waals surface area contributed by atoms with Crippen LogP contribution in [0.4, 0.5) is 0 Å². The topological polar surface area (TPSA) is 80.3 Å². The maximum Gasteiger partial charge on any atom is 0.228 e. The number of halogens is 2. The van der Waals surface area contributed by atoms with Gasteiger partial charge in [-0.15, -0.1) is 24.8 Å². The van der Waals surface area contributed by atoms with Crippen molar-refractivity contribution in [3.05, 3.63) is 83.2 Å². The van der Waals surface area contributed by atoms with Gasteiger partial charge >= 0.3 is 0 Å². The predicted molar refractivity (Wildman–Crippen MR) is 191 cm³/mol. The second kappa shape index (κ2) is 16.2.